The summed E-state index contributed by atoms with van der Waals surface area (Å²) < 4.78 is 0. The summed E-state index contributed by atoms with van der Waals surface area (Å²) in [5.41, 5.74) is 7.79. The molecule has 6 nitrogen and oxygen atoms in total. The molecule has 2 aliphatic rings. The van der Waals surface area contributed by atoms with Crippen molar-refractivity contribution in [3.8, 4) is 22.4 Å². The van der Waals surface area contributed by atoms with Crippen LogP contribution in [0.4, 0.5) is 0 Å². The monoisotopic (exact) mass is 409 g/mol. The van der Waals surface area contributed by atoms with Crippen LogP contribution in [0.15, 0.2) is 48.9 Å². The molecule has 0 saturated heterocycles. The number of amides is 1. The topological polar surface area (TPSA) is 74.8 Å². The number of hydrogen-bond donors (Lipinski definition) is 1. The summed E-state index contributed by atoms with van der Waals surface area (Å²) in [4.78, 5) is 23.8. The first-order valence-electron chi connectivity index (χ1n) is 10.8. The molecule has 1 aliphatic carbocycles. The van der Waals surface area contributed by atoms with Crippen molar-refractivity contribution in [1.29, 1.82) is 0 Å². The van der Waals surface area contributed by atoms with E-state index in [1.165, 1.54) is 12.8 Å². The molecule has 0 unspecified atom stereocenters. The molecule has 0 spiro atoms. The number of aromatic nitrogens is 4. The molecule has 31 heavy (non-hydrogen) atoms. The number of H-pyrrole nitrogens is 1. The van der Waals surface area contributed by atoms with Gasteiger partial charge in [-0.05, 0) is 73.6 Å². The number of rotatable bonds is 4. The molecule has 1 saturated carbocycles. The molecular formula is C25H23N5O. The van der Waals surface area contributed by atoms with Gasteiger partial charge >= 0.3 is 0 Å². The van der Waals surface area contributed by atoms with Crippen LogP contribution >= 0.6 is 0 Å². The number of carbonyl (C=O) groups excluding carboxylic acids is 1. The Morgan fingerprint density at radius 2 is 1.90 bits per heavy atom. The predicted octanol–water partition coefficient (Wildman–Crippen LogP) is 4.75. The maximum absolute atomic E-state index is 13.1. The Kier molecular flexibility index (Phi) is 3.96. The second kappa shape index (κ2) is 6.74. The summed E-state index contributed by atoms with van der Waals surface area (Å²) in [6, 6.07) is 10.6. The summed E-state index contributed by atoms with van der Waals surface area (Å²) in [7, 11) is 0. The lowest BCUT2D eigenvalue weighted by atomic mass is 9.96. The Morgan fingerprint density at radius 3 is 2.68 bits per heavy atom. The zero-order chi connectivity index (χ0) is 21.1. The molecule has 1 aliphatic heterocycles. The standard InChI is InChI=1S/C25H23N5O/c1-14-9-18(10-20-13-30(25(31)22(14)20)15(2)16-3-4-16)19-11-21-23(17-5-7-26-8-6-17)28-29-24(21)27-12-19/h5-12,15-16H,3-4,13H2,1-2H3,(H,27,28,29)/t15-/m0/s1. The molecule has 4 heterocycles. The highest BCUT2D eigenvalue weighted by Crippen LogP contribution is 2.40. The van der Waals surface area contributed by atoms with Gasteiger partial charge in [0.05, 0.1) is 5.69 Å². The number of nitrogens with zero attached hydrogens (tertiary/aromatic N) is 4. The fourth-order valence-corrected chi connectivity index (χ4v) is 4.81. The Hall–Kier alpha value is -3.54. The molecule has 154 valence electrons. The molecule has 1 amide bonds. The fraction of sp³-hybridized carbons (Fsp3) is 0.280. The highest BCUT2D eigenvalue weighted by Gasteiger charge is 2.39. The van der Waals surface area contributed by atoms with E-state index in [0.717, 1.165) is 44.5 Å². The smallest absolute Gasteiger partial charge is 0.255 e. The number of fused-ring (bicyclic) bond motifs is 2. The molecule has 1 aromatic carbocycles. The highest BCUT2D eigenvalue weighted by molar-refractivity contribution is 6.01. The van der Waals surface area contributed by atoms with Crippen LogP contribution in [-0.4, -0.2) is 37.0 Å². The lowest BCUT2D eigenvalue weighted by molar-refractivity contribution is 0.0697. The van der Waals surface area contributed by atoms with Gasteiger partial charge in [0, 0.05) is 53.3 Å². The van der Waals surface area contributed by atoms with Gasteiger partial charge in [-0.2, -0.15) is 5.10 Å². The van der Waals surface area contributed by atoms with Gasteiger partial charge in [0.15, 0.2) is 5.65 Å². The zero-order valence-corrected chi connectivity index (χ0v) is 17.6. The van der Waals surface area contributed by atoms with Crippen LogP contribution in [-0.2, 0) is 6.54 Å². The van der Waals surface area contributed by atoms with Crippen molar-refractivity contribution in [2.45, 2.75) is 39.3 Å². The van der Waals surface area contributed by atoms with Crippen LogP contribution in [0.5, 0.6) is 0 Å². The van der Waals surface area contributed by atoms with E-state index < -0.39 is 0 Å². The lowest BCUT2D eigenvalue weighted by Gasteiger charge is -2.24. The summed E-state index contributed by atoms with van der Waals surface area (Å²) in [6.45, 7) is 4.93. The van der Waals surface area contributed by atoms with Crippen LogP contribution in [0.25, 0.3) is 33.4 Å². The largest absolute Gasteiger partial charge is 0.331 e. The minimum atomic E-state index is 0.182. The van der Waals surface area contributed by atoms with E-state index in [2.05, 4.69) is 50.2 Å². The van der Waals surface area contributed by atoms with Gasteiger partial charge < -0.3 is 4.90 Å². The van der Waals surface area contributed by atoms with Gasteiger partial charge in [-0.15, -0.1) is 0 Å². The van der Waals surface area contributed by atoms with Crippen molar-refractivity contribution in [3.05, 3.63) is 65.6 Å². The van der Waals surface area contributed by atoms with E-state index in [-0.39, 0.29) is 5.91 Å². The van der Waals surface area contributed by atoms with E-state index in [9.17, 15) is 4.79 Å². The van der Waals surface area contributed by atoms with E-state index in [4.69, 9.17) is 0 Å². The molecule has 0 radical (unpaired) electrons. The minimum absolute atomic E-state index is 0.182. The normalized spacial score (nSPS) is 16.7. The summed E-state index contributed by atoms with van der Waals surface area (Å²) in [5, 5.41) is 8.44. The summed E-state index contributed by atoms with van der Waals surface area (Å²) >= 11 is 0. The average Bonchev–Trinajstić information content (AvgIpc) is 3.47. The number of carbonyl (C=O) groups is 1. The Bertz CT molecular complexity index is 1320. The van der Waals surface area contributed by atoms with Crippen LogP contribution in [0.2, 0.25) is 0 Å². The van der Waals surface area contributed by atoms with Gasteiger partial charge in [-0.25, -0.2) is 4.98 Å². The van der Waals surface area contributed by atoms with Crippen molar-refractivity contribution in [2.75, 3.05) is 0 Å². The average molecular weight is 409 g/mol. The van der Waals surface area contributed by atoms with E-state index in [0.29, 0.717) is 24.2 Å². The van der Waals surface area contributed by atoms with Gasteiger partial charge in [-0.1, -0.05) is 6.07 Å². The van der Waals surface area contributed by atoms with Crippen molar-refractivity contribution < 1.29 is 4.79 Å². The molecule has 1 atom stereocenters. The van der Waals surface area contributed by atoms with E-state index >= 15 is 0 Å². The van der Waals surface area contributed by atoms with Crippen molar-refractivity contribution in [1.82, 2.24) is 25.1 Å². The summed E-state index contributed by atoms with van der Waals surface area (Å²) in [5.74, 6) is 0.846. The molecule has 6 heteroatoms. The molecular weight excluding hydrogens is 386 g/mol. The van der Waals surface area contributed by atoms with Gasteiger partial charge in [0.25, 0.3) is 5.91 Å². The number of aromatic amines is 1. The third-order valence-corrected chi connectivity index (χ3v) is 6.74. The van der Waals surface area contributed by atoms with Crippen molar-refractivity contribution in [2.24, 2.45) is 5.92 Å². The van der Waals surface area contributed by atoms with Crippen molar-refractivity contribution in [3.63, 3.8) is 0 Å². The Balaban J connectivity index is 1.41. The van der Waals surface area contributed by atoms with Crippen LogP contribution in [0.1, 0.15) is 41.3 Å². The maximum atomic E-state index is 13.1. The van der Waals surface area contributed by atoms with Crippen LogP contribution in [0, 0.1) is 12.8 Å². The van der Waals surface area contributed by atoms with Crippen LogP contribution < -0.4 is 0 Å². The quantitative estimate of drug-likeness (QED) is 0.528. The lowest BCUT2D eigenvalue weighted by Crippen LogP contribution is -2.34. The van der Waals surface area contributed by atoms with Gasteiger partial charge in [0.1, 0.15) is 0 Å². The first-order chi connectivity index (χ1) is 15.1. The van der Waals surface area contributed by atoms with Gasteiger partial charge in [0.2, 0.25) is 0 Å². The van der Waals surface area contributed by atoms with Gasteiger partial charge in [-0.3, -0.25) is 14.9 Å². The highest BCUT2D eigenvalue weighted by atomic mass is 16.2. The maximum Gasteiger partial charge on any atom is 0.255 e. The molecule has 1 fully saturated rings. The van der Waals surface area contributed by atoms with Crippen molar-refractivity contribution >= 4 is 16.9 Å². The fourth-order valence-electron chi connectivity index (χ4n) is 4.81. The van der Waals surface area contributed by atoms with E-state index in [1.54, 1.807) is 12.4 Å². The molecule has 6 rings (SSSR count). The first kappa shape index (κ1) is 18.2. The third-order valence-electron chi connectivity index (χ3n) is 6.74. The predicted molar refractivity (Wildman–Crippen MR) is 119 cm³/mol. The van der Waals surface area contributed by atoms with Crippen LogP contribution in [0.3, 0.4) is 0 Å². The number of hydrogen-bond acceptors (Lipinski definition) is 4. The molecule has 4 aromatic rings. The second-order valence-electron chi connectivity index (χ2n) is 8.77. The number of pyridine rings is 2. The molecule has 1 N–H and O–H groups in total. The first-order valence-corrected chi connectivity index (χ1v) is 10.8. The number of nitrogens with one attached hydrogen (secondary N) is 1. The number of aryl methyl sites for hydroxylation is 1. The van der Waals surface area contributed by atoms with E-state index in [1.807, 2.05) is 25.3 Å². The Morgan fingerprint density at radius 1 is 1.10 bits per heavy atom. The second-order valence-corrected chi connectivity index (χ2v) is 8.77. The molecule has 0 bridgehead atoms. The molecule has 3 aromatic heterocycles. The SMILES string of the molecule is Cc1cc(-c2cnc3n[nH]c(-c4ccncc4)c3c2)cc2c1C(=O)N([C@@H](C)C1CC1)C2. The number of benzene rings is 1. The summed E-state index contributed by atoms with van der Waals surface area (Å²) in [6.07, 6.45) is 7.88. The minimum Gasteiger partial charge on any atom is -0.331 e. The third kappa shape index (κ3) is 2.93. The Labute approximate surface area is 180 Å². The zero-order valence-electron chi connectivity index (χ0n) is 17.6.